The van der Waals surface area contributed by atoms with E-state index in [-0.39, 0.29) is 40.7 Å². The van der Waals surface area contributed by atoms with Gasteiger partial charge in [-0.05, 0) is 75.9 Å². The minimum atomic E-state index is -4.53. The molecule has 224 valence electrons. The van der Waals surface area contributed by atoms with E-state index in [1.807, 2.05) is 6.08 Å². The van der Waals surface area contributed by atoms with E-state index in [1.165, 1.54) is 13.8 Å². The van der Waals surface area contributed by atoms with E-state index < -0.39 is 53.6 Å². The quantitative estimate of drug-likeness (QED) is 0.413. The molecule has 6 rings (SSSR count). The molecule has 1 aliphatic heterocycles. The Morgan fingerprint density at radius 1 is 1.22 bits per heavy atom. The second-order valence-corrected chi connectivity index (χ2v) is 13.6. The monoisotopic (exact) mass is 578 g/mol. The minimum Gasteiger partial charge on any atom is -0.451 e. The van der Waals surface area contributed by atoms with Gasteiger partial charge in [0.2, 0.25) is 0 Å². The topological polar surface area (TPSA) is 99.9 Å². The molecule has 1 spiro atoms. The number of ether oxygens (including phenoxy) is 3. The van der Waals surface area contributed by atoms with E-state index >= 15 is 0 Å². The summed E-state index contributed by atoms with van der Waals surface area (Å²) in [6.45, 7) is 11.1. The van der Waals surface area contributed by atoms with E-state index in [2.05, 4.69) is 18.9 Å². The Hall–Kier alpha value is -2.50. The molecule has 0 amide bonds. The molecular weight excluding hydrogens is 541 g/mol. The second kappa shape index (κ2) is 8.54. The molecule has 0 unspecified atom stereocenters. The standard InChI is InChI=1S/C30H37F3N2O6/c1-14-11-28-9-8-19-21(26(19,4)5)18(22(28)36)10-17-12-39-27(6,7)41-24(17)30(28,38)23(14)40-25(37)20-15(2)34-35(16(20)3)13-29(31,32)33/h10-11,18-19,21,23-24,38H,8-9,12-13H2,1-7H3/t18-,19+,21+,23-,24+,28+,30+/m0/s1. The van der Waals surface area contributed by atoms with Crippen LogP contribution in [0.5, 0.6) is 0 Å². The first-order chi connectivity index (χ1) is 18.8. The number of alkyl halides is 3. The first-order valence-electron chi connectivity index (χ1n) is 14.1. The van der Waals surface area contributed by atoms with Crippen molar-refractivity contribution in [1.82, 2.24) is 9.78 Å². The van der Waals surface area contributed by atoms with Crippen molar-refractivity contribution in [2.24, 2.45) is 28.6 Å². The molecule has 1 N–H and O–H groups in total. The number of aryl methyl sites for hydroxylation is 1. The van der Waals surface area contributed by atoms with Crippen LogP contribution in [0.25, 0.3) is 0 Å². The van der Waals surface area contributed by atoms with Gasteiger partial charge >= 0.3 is 12.1 Å². The number of esters is 1. The van der Waals surface area contributed by atoms with Crippen molar-refractivity contribution < 1.29 is 42.1 Å². The van der Waals surface area contributed by atoms with E-state index in [0.717, 1.165) is 4.68 Å². The number of Topliss-reactive ketones (excluding diaryl/α,β-unsaturated/α-hetero) is 1. The highest BCUT2D eigenvalue weighted by Crippen LogP contribution is 2.71. The Balaban J connectivity index is 1.44. The van der Waals surface area contributed by atoms with Gasteiger partial charge in [0.15, 0.2) is 23.3 Å². The normalized spacial score (nSPS) is 38.5. The fourth-order valence-electron chi connectivity index (χ4n) is 8.40. The van der Waals surface area contributed by atoms with Gasteiger partial charge in [-0.2, -0.15) is 18.3 Å². The van der Waals surface area contributed by atoms with Crippen molar-refractivity contribution in [2.45, 2.75) is 97.6 Å². The molecule has 3 fully saturated rings. The Kier molecular flexibility index (Phi) is 5.96. The highest BCUT2D eigenvalue weighted by molar-refractivity contribution is 5.96. The lowest BCUT2D eigenvalue weighted by atomic mass is 9.63. The summed E-state index contributed by atoms with van der Waals surface area (Å²) in [5.41, 5.74) is -2.29. The van der Waals surface area contributed by atoms with Crippen molar-refractivity contribution in [1.29, 1.82) is 0 Å². The predicted molar refractivity (Wildman–Crippen MR) is 140 cm³/mol. The molecule has 0 aromatic carbocycles. The van der Waals surface area contributed by atoms with Gasteiger partial charge in [-0.15, -0.1) is 0 Å². The summed E-state index contributed by atoms with van der Waals surface area (Å²) in [7, 11) is 0. The average Bonchev–Trinajstić information content (AvgIpc) is 3.24. The molecule has 1 saturated heterocycles. The van der Waals surface area contributed by atoms with Crippen LogP contribution in [0.3, 0.4) is 0 Å². The number of carbonyl (C=O) groups excluding carboxylic acids is 2. The Bertz CT molecular complexity index is 1410. The first-order valence-corrected chi connectivity index (χ1v) is 14.1. The molecule has 2 saturated carbocycles. The second-order valence-electron chi connectivity index (χ2n) is 13.6. The lowest BCUT2D eigenvalue weighted by Crippen LogP contribution is -2.66. The van der Waals surface area contributed by atoms with Crippen LogP contribution in [0.15, 0.2) is 23.3 Å². The van der Waals surface area contributed by atoms with Crippen LogP contribution in [-0.4, -0.2) is 63.0 Å². The number of carbonyl (C=O) groups is 2. The number of ketones is 1. The lowest BCUT2D eigenvalue weighted by molar-refractivity contribution is -0.300. The van der Waals surface area contributed by atoms with E-state index in [0.29, 0.717) is 29.9 Å². The zero-order chi connectivity index (χ0) is 30.1. The van der Waals surface area contributed by atoms with Crippen LogP contribution in [0.4, 0.5) is 13.2 Å². The van der Waals surface area contributed by atoms with E-state index in [4.69, 9.17) is 14.2 Å². The molecule has 5 aliphatic rings. The summed E-state index contributed by atoms with van der Waals surface area (Å²) >= 11 is 0. The zero-order valence-electron chi connectivity index (χ0n) is 24.4. The zero-order valence-corrected chi connectivity index (χ0v) is 24.4. The van der Waals surface area contributed by atoms with Gasteiger partial charge in [0.1, 0.15) is 18.2 Å². The third kappa shape index (κ3) is 3.94. The van der Waals surface area contributed by atoms with E-state index in [1.54, 1.807) is 26.8 Å². The summed E-state index contributed by atoms with van der Waals surface area (Å²) in [6.07, 6.45) is -2.09. The average molecular weight is 579 g/mol. The summed E-state index contributed by atoms with van der Waals surface area (Å²) in [5.74, 6) is -2.17. The summed E-state index contributed by atoms with van der Waals surface area (Å²) < 4.78 is 58.4. The van der Waals surface area contributed by atoms with Crippen LogP contribution in [0.1, 0.15) is 69.2 Å². The maximum absolute atomic E-state index is 14.6. The van der Waals surface area contributed by atoms with Gasteiger partial charge in [0, 0.05) is 5.92 Å². The number of fused-ring (bicyclic) bond motifs is 5. The van der Waals surface area contributed by atoms with Crippen LogP contribution >= 0.6 is 0 Å². The van der Waals surface area contributed by atoms with Crippen LogP contribution in [-0.2, 0) is 25.5 Å². The molecule has 7 atom stereocenters. The molecule has 41 heavy (non-hydrogen) atoms. The molecule has 4 aliphatic carbocycles. The molecule has 2 bridgehead atoms. The molecular formula is C30H37F3N2O6. The number of rotatable bonds is 3. The summed E-state index contributed by atoms with van der Waals surface area (Å²) in [5, 5.41) is 16.9. The maximum atomic E-state index is 14.6. The minimum absolute atomic E-state index is 0.00369. The highest BCUT2D eigenvalue weighted by Gasteiger charge is 2.75. The van der Waals surface area contributed by atoms with Gasteiger partial charge in [0.25, 0.3) is 0 Å². The van der Waals surface area contributed by atoms with Crippen LogP contribution in [0, 0.1) is 42.4 Å². The van der Waals surface area contributed by atoms with Gasteiger partial charge < -0.3 is 19.3 Å². The van der Waals surface area contributed by atoms with Crippen molar-refractivity contribution in [3.63, 3.8) is 0 Å². The number of aromatic nitrogens is 2. The lowest BCUT2D eigenvalue weighted by Gasteiger charge is -2.51. The van der Waals surface area contributed by atoms with E-state index in [9.17, 15) is 27.9 Å². The van der Waals surface area contributed by atoms with Gasteiger partial charge in [-0.25, -0.2) is 4.79 Å². The number of allylic oxidation sites excluding steroid dienone is 1. The number of aliphatic hydroxyl groups is 1. The first kappa shape index (κ1) is 28.6. The molecule has 8 nitrogen and oxygen atoms in total. The van der Waals surface area contributed by atoms with Crippen molar-refractivity contribution >= 4 is 11.8 Å². The molecule has 0 radical (unpaired) electrons. The molecule has 2 heterocycles. The van der Waals surface area contributed by atoms with Crippen molar-refractivity contribution in [3.05, 3.63) is 40.2 Å². The number of nitrogens with zero attached hydrogens (tertiary/aromatic N) is 2. The SMILES string of the molecule is CC1=C[C@@]23CC[C@@H]4[C@@H]([C@H](C=C5COC(C)(C)O[C@H]5[C@]2(O)[C@H]1OC(=O)c1c(C)nn(CC(F)(F)F)c1C)C3=O)C4(C)C. The highest BCUT2D eigenvalue weighted by atomic mass is 19.4. The number of halogens is 3. The fourth-order valence-corrected chi connectivity index (χ4v) is 8.40. The summed E-state index contributed by atoms with van der Waals surface area (Å²) in [6, 6.07) is 0. The largest absolute Gasteiger partial charge is 0.451 e. The number of hydrogen-bond acceptors (Lipinski definition) is 7. The maximum Gasteiger partial charge on any atom is 0.408 e. The molecule has 1 aromatic heterocycles. The van der Waals surface area contributed by atoms with Crippen LogP contribution < -0.4 is 0 Å². The third-order valence-corrected chi connectivity index (χ3v) is 10.4. The third-order valence-electron chi connectivity index (χ3n) is 10.4. The van der Waals surface area contributed by atoms with Crippen LogP contribution in [0.2, 0.25) is 0 Å². The number of hydrogen-bond donors (Lipinski definition) is 1. The van der Waals surface area contributed by atoms with Crippen molar-refractivity contribution in [2.75, 3.05) is 6.61 Å². The predicted octanol–water partition coefficient (Wildman–Crippen LogP) is 4.61. The van der Waals surface area contributed by atoms with Gasteiger partial charge in [0.05, 0.1) is 23.4 Å². The van der Waals surface area contributed by atoms with Crippen molar-refractivity contribution in [3.8, 4) is 0 Å². The molecule has 11 heteroatoms. The summed E-state index contributed by atoms with van der Waals surface area (Å²) in [4.78, 5) is 28.2. The Labute approximate surface area is 236 Å². The van der Waals surface area contributed by atoms with Gasteiger partial charge in [-0.1, -0.05) is 26.0 Å². The fraction of sp³-hybridized carbons (Fsp3) is 0.700. The Morgan fingerprint density at radius 3 is 2.56 bits per heavy atom. The molecule has 1 aromatic rings. The Morgan fingerprint density at radius 2 is 1.90 bits per heavy atom. The smallest absolute Gasteiger partial charge is 0.408 e. The van der Waals surface area contributed by atoms with Gasteiger partial charge in [-0.3, -0.25) is 9.48 Å².